The highest BCUT2D eigenvalue weighted by molar-refractivity contribution is 5.71. The van der Waals surface area contributed by atoms with Crippen molar-refractivity contribution >= 4 is 5.97 Å². The molecule has 0 bridgehead atoms. The van der Waals surface area contributed by atoms with E-state index >= 15 is 0 Å². The van der Waals surface area contributed by atoms with Gasteiger partial charge in [0.2, 0.25) is 5.75 Å². The van der Waals surface area contributed by atoms with Gasteiger partial charge in [-0.15, -0.1) is 0 Å². The maximum atomic E-state index is 11.8. The van der Waals surface area contributed by atoms with Crippen LogP contribution < -0.4 is 18.9 Å². The van der Waals surface area contributed by atoms with Gasteiger partial charge in [0.25, 0.3) is 0 Å². The van der Waals surface area contributed by atoms with E-state index in [4.69, 9.17) is 23.7 Å². The van der Waals surface area contributed by atoms with E-state index in [1.54, 1.807) is 21.3 Å². The monoisotopic (exact) mass is 416 g/mol. The lowest BCUT2D eigenvalue weighted by molar-refractivity contribution is -0.157. The van der Waals surface area contributed by atoms with Crippen LogP contribution in [0.5, 0.6) is 23.0 Å². The van der Waals surface area contributed by atoms with Crippen LogP contribution in [0.25, 0.3) is 0 Å². The van der Waals surface area contributed by atoms with Crippen molar-refractivity contribution in [2.75, 3.05) is 27.9 Å². The average molecular weight is 417 g/mol. The molecule has 0 aromatic heterocycles. The first-order valence-corrected chi connectivity index (χ1v) is 9.99. The molecule has 30 heavy (non-hydrogen) atoms. The van der Waals surface area contributed by atoms with Crippen molar-refractivity contribution in [3.05, 3.63) is 47.5 Å². The van der Waals surface area contributed by atoms with Gasteiger partial charge in [-0.1, -0.05) is 18.2 Å². The van der Waals surface area contributed by atoms with Gasteiger partial charge in [-0.25, -0.2) is 4.79 Å². The van der Waals surface area contributed by atoms with Crippen molar-refractivity contribution in [3.8, 4) is 23.0 Å². The molecule has 0 heterocycles. The zero-order valence-corrected chi connectivity index (χ0v) is 18.7. The molecule has 0 fully saturated rings. The van der Waals surface area contributed by atoms with Crippen LogP contribution >= 0.6 is 0 Å². The maximum absolute atomic E-state index is 11.8. The molecule has 0 aliphatic rings. The fourth-order valence-electron chi connectivity index (χ4n) is 3.15. The van der Waals surface area contributed by atoms with Crippen LogP contribution in [0.2, 0.25) is 0 Å². The number of ether oxygens (including phenoxy) is 5. The SMILES string of the molecule is COc1ccc(CCCc2cccc(OCC(=O)OC(C)(C)C)c2)c(OC)c1OC. The van der Waals surface area contributed by atoms with Gasteiger partial charge in [0.15, 0.2) is 18.1 Å². The molecule has 0 atom stereocenters. The largest absolute Gasteiger partial charge is 0.493 e. The quantitative estimate of drug-likeness (QED) is 0.527. The molecule has 0 saturated carbocycles. The minimum atomic E-state index is -0.520. The van der Waals surface area contributed by atoms with Crippen molar-refractivity contribution in [3.63, 3.8) is 0 Å². The number of carbonyl (C=O) groups excluding carboxylic acids is 1. The number of hydrogen-bond acceptors (Lipinski definition) is 6. The number of benzene rings is 2. The van der Waals surface area contributed by atoms with Crippen LogP contribution in [0, 0.1) is 0 Å². The Bertz CT molecular complexity index is 838. The molecule has 6 nitrogen and oxygen atoms in total. The van der Waals surface area contributed by atoms with Gasteiger partial charge in [0.1, 0.15) is 11.4 Å². The van der Waals surface area contributed by atoms with E-state index in [0.29, 0.717) is 23.0 Å². The summed E-state index contributed by atoms with van der Waals surface area (Å²) in [5, 5.41) is 0. The van der Waals surface area contributed by atoms with Gasteiger partial charge in [0.05, 0.1) is 21.3 Å². The molecule has 0 radical (unpaired) electrons. The van der Waals surface area contributed by atoms with Crippen LogP contribution in [-0.2, 0) is 22.4 Å². The number of esters is 1. The Morgan fingerprint density at radius 3 is 2.27 bits per heavy atom. The Morgan fingerprint density at radius 1 is 0.900 bits per heavy atom. The third-order valence-corrected chi connectivity index (χ3v) is 4.37. The minimum absolute atomic E-state index is 0.108. The average Bonchev–Trinajstić information content (AvgIpc) is 2.70. The normalized spacial score (nSPS) is 11.0. The summed E-state index contributed by atoms with van der Waals surface area (Å²) in [7, 11) is 4.84. The highest BCUT2D eigenvalue weighted by Crippen LogP contribution is 2.40. The van der Waals surface area contributed by atoms with E-state index in [0.717, 1.165) is 30.4 Å². The summed E-state index contributed by atoms with van der Waals surface area (Å²) in [6.45, 7) is 5.39. The van der Waals surface area contributed by atoms with E-state index in [2.05, 4.69) is 0 Å². The van der Waals surface area contributed by atoms with Gasteiger partial charge in [-0.2, -0.15) is 0 Å². The lowest BCUT2D eigenvalue weighted by atomic mass is 10.0. The number of methoxy groups -OCH3 is 3. The van der Waals surface area contributed by atoms with Crippen molar-refractivity contribution < 1.29 is 28.5 Å². The lowest BCUT2D eigenvalue weighted by Crippen LogP contribution is -2.27. The minimum Gasteiger partial charge on any atom is -0.493 e. The first-order valence-electron chi connectivity index (χ1n) is 9.99. The van der Waals surface area contributed by atoms with Crippen molar-refractivity contribution in [2.24, 2.45) is 0 Å². The smallest absolute Gasteiger partial charge is 0.344 e. The predicted octanol–water partition coefficient (Wildman–Crippen LogP) is 4.61. The molecule has 2 aromatic rings. The fraction of sp³-hybridized carbons (Fsp3) is 0.458. The van der Waals surface area contributed by atoms with Crippen LogP contribution in [-0.4, -0.2) is 39.5 Å². The summed E-state index contributed by atoms with van der Waals surface area (Å²) in [4.78, 5) is 11.8. The zero-order valence-electron chi connectivity index (χ0n) is 18.7. The fourth-order valence-corrected chi connectivity index (χ4v) is 3.15. The molecule has 2 aromatic carbocycles. The van der Waals surface area contributed by atoms with Crippen molar-refractivity contribution in [1.82, 2.24) is 0 Å². The van der Waals surface area contributed by atoms with Crippen LogP contribution in [0.1, 0.15) is 38.3 Å². The van der Waals surface area contributed by atoms with Crippen LogP contribution in [0.4, 0.5) is 0 Å². The number of rotatable bonds is 10. The standard InChI is InChI=1S/C24H32O6/c1-24(2,3)30-21(25)16-29-19-12-8-10-17(15-19)9-7-11-18-13-14-20(26-4)23(28-6)22(18)27-5/h8,10,12-15H,7,9,11,16H2,1-6H3. The molecule has 0 amide bonds. The summed E-state index contributed by atoms with van der Waals surface area (Å²) in [6, 6.07) is 11.7. The van der Waals surface area contributed by atoms with Crippen molar-refractivity contribution in [2.45, 2.75) is 45.6 Å². The summed E-state index contributed by atoms with van der Waals surface area (Å²) in [5.74, 6) is 2.23. The second-order valence-electron chi connectivity index (χ2n) is 7.87. The summed E-state index contributed by atoms with van der Waals surface area (Å²) in [5.41, 5.74) is 1.68. The van der Waals surface area contributed by atoms with Crippen molar-refractivity contribution in [1.29, 1.82) is 0 Å². The Balaban J connectivity index is 1.94. The van der Waals surface area contributed by atoms with Crippen LogP contribution in [0.15, 0.2) is 36.4 Å². The lowest BCUT2D eigenvalue weighted by Gasteiger charge is -2.19. The molecule has 164 valence electrons. The molecule has 0 N–H and O–H groups in total. The highest BCUT2D eigenvalue weighted by atomic mass is 16.6. The Labute approximate surface area is 179 Å². The van der Waals surface area contributed by atoms with E-state index in [1.165, 1.54) is 0 Å². The first kappa shape index (κ1) is 23.4. The van der Waals surface area contributed by atoms with Gasteiger partial charge < -0.3 is 23.7 Å². The van der Waals surface area contributed by atoms with Crippen LogP contribution in [0.3, 0.4) is 0 Å². The first-order chi connectivity index (χ1) is 14.3. The van der Waals surface area contributed by atoms with E-state index in [9.17, 15) is 4.79 Å². The molecule has 0 saturated heterocycles. The predicted molar refractivity (Wildman–Crippen MR) is 116 cm³/mol. The van der Waals surface area contributed by atoms with E-state index in [-0.39, 0.29) is 12.6 Å². The van der Waals surface area contributed by atoms with E-state index < -0.39 is 5.60 Å². The highest BCUT2D eigenvalue weighted by Gasteiger charge is 2.17. The zero-order chi connectivity index (χ0) is 22.1. The van der Waals surface area contributed by atoms with Gasteiger partial charge in [-0.3, -0.25) is 0 Å². The summed E-state index contributed by atoms with van der Waals surface area (Å²) in [6.07, 6.45) is 2.61. The Kier molecular flexibility index (Phi) is 8.39. The van der Waals surface area contributed by atoms with Gasteiger partial charge in [-0.05, 0) is 69.4 Å². The summed E-state index contributed by atoms with van der Waals surface area (Å²) < 4.78 is 27.2. The van der Waals surface area contributed by atoms with E-state index in [1.807, 2.05) is 57.2 Å². The molecule has 0 aliphatic carbocycles. The molecule has 6 heteroatoms. The molecule has 0 unspecified atom stereocenters. The topological polar surface area (TPSA) is 63.2 Å². The number of aryl methyl sites for hydroxylation is 2. The molecular weight excluding hydrogens is 384 g/mol. The summed E-state index contributed by atoms with van der Waals surface area (Å²) >= 11 is 0. The second kappa shape index (κ2) is 10.8. The van der Waals surface area contributed by atoms with Gasteiger partial charge in [0, 0.05) is 0 Å². The number of carbonyl (C=O) groups is 1. The molecule has 2 rings (SSSR count). The number of hydrogen-bond donors (Lipinski definition) is 0. The third kappa shape index (κ3) is 6.87. The molecular formula is C24H32O6. The third-order valence-electron chi connectivity index (χ3n) is 4.37. The Hall–Kier alpha value is -2.89. The maximum Gasteiger partial charge on any atom is 0.344 e. The second-order valence-corrected chi connectivity index (χ2v) is 7.87. The Morgan fingerprint density at radius 2 is 1.63 bits per heavy atom. The molecule has 0 aliphatic heterocycles. The molecule has 0 spiro atoms. The van der Waals surface area contributed by atoms with Gasteiger partial charge >= 0.3 is 5.97 Å².